The number of fused-ring (bicyclic) bond motifs is 5. The van der Waals surface area contributed by atoms with E-state index in [1.54, 1.807) is 19.1 Å². The first-order chi connectivity index (χ1) is 15.0. The molecule has 2 aromatic heterocycles. The fourth-order valence-electron chi connectivity index (χ4n) is 4.65. The number of aromatic nitrogens is 2. The van der Waals surface area contributed by atoms with E-state index in [1.807, 2.05) is 19.6 Å². The van der Waals surface area contributed by atoms with Gasteiger partial charge in [-0.2, -0.15) is 0 Å². The topological polar surface area (TPSA) is 81.4 Å². The van der Waals surface area contributed by atoms with E-state index in [4.69, 9.17) is 9.72 Å². The summed E-state index contributed by atoms with van der Waals surface area (Å²) >= 11 is 0. The van der Waals surface area contributed by atoms with Crippen LogP contribution in [0.15, 0.2) is 23.0 Å². The number of aliphatic hydroxyl groups is 1. The number of ether oxygens (including phenoxy) is 1. The van der Waals surface area contributed by atoms with Crippen LogP contribution in [0.4, 0.5) is 8.78 Å². The van der Waals surface area contributed by atoms with Gasteiger partial charge in [0.2, 0.25) is 0 Å². The molecule has 0 unspecified atom stereocenters. The number of cyclic esters (lactones) is 1. The summed E-state index contributed by atoms with van der Waals surface area (Å²) in [5.74, 6) is -2.66. The maximum Gasteiger partial charge on any atom is 0.343 e. The van der Waals surface area contributed by atoms with Crippen LogP contribution in [-0.4, -0.2) is 28.7 Å². The zero-order chi connectivity index (χ0) is 23.2. The molecule has 4 heterocycles. The second-order valence-corrected chi connectivity index (χ2v) is 14.5. The van der Waals surface area contributed by atoms with Crippen molar-refractivity contribution < 1.29 is 23.4 Å². The molecule has 0 radical (unpaired) electrons. The van der Waals surface area contributed by atoms with Gasteiger partial charge in [-0.1, -0.05) is 26.6 Å². The van der Waals surface area contributed by atoms with Crippen LogP contribution in [-0.2, 0) is 28.3 Å². The minimum atomic E-state index is -2.09. The average Bonchev–Trinajstić information content (AvgIpc) is 3.10. The Kier molecular flexibility index (Phi) is 4.29. The molecule has 0 saturated heterocycles. The van der Waals surface area contributed by atoms with Crippen molar-refractivity contribution in [1.29, 1.82) is 0 Å². The molecule has 3 aromatic rings. The predicted molar refractivity (Wildman–Crippen MR) is 117 cm³/mol. The van der Waals surface area contributed by atoms with Crippen LogP contribution in [0.5, 0.6) is 0 Å². The van der Waals surface area contributed by atoms with Gasteiger partial charge in [0, 0.05) is 16.5 Å². The summed E-state index contributed by atoms with van der Waals surface area (Å²) in [6, 6.07) is 4.39. The first kappa shape index (κ1) is 21.0. The van der Waals surface area contributed by atoms with Gasteiger partial charge in [-0.25, -0.2) is 18.6 Å². The van der Waals surface area contributed by atoms with E-state index in [1.165, 1.54) is 10.6 Å². The van der Waals surface area contributed by atoms with Gasteiger partial charge in [0.25, 0.3) is 5.56 Å². The zero-order valence-electron chi connectivity index (χ0n) is 18.2. The van der Waals surface area contributed by atoms with Crippen LogP contribution in [0.25, 0.3) is 22.3 Å². The van der Waals surface area contributed by atoms with E-state index in [9.17, 15) is 23.5 Å². The molecule has 2 aliphatic heterocycles. The van der Waals surface area contributed by atoms with Crippen molar-refractivity contribution >= 4 is 30.1 Å². The molecule has 2 aliphatic rings. The SMILES string of the molecule is CC[C@@]1(O)C(=O)OCc2c1cc1n(c2=O)Cc2cc3c(F)c(F)cc([Si](C)(C)C)c3nc2-1. The number of benzene rings is 1. The van der Waals surface area contributed by atoms with Gasteiger partial charge in [0.15, 0.2) is 17.2 Å². The van der Waals surface area contributed by atoms with E-state index in [0.29, 0.717) is 27.7 Å². The molecule has 5 rings (SSSR count). The van der Waals surface area contributed by atoms with Crippen LogP contribution < -0.4 is 10.7 Å². The van der Waals surface area contributed by atoms with Gasteiger partial charge >= 0.3 is 5.97 Å². The Bertz CT molecular complexity index is 1410. The predicted octanol–water partition coefficient (Wildman–Crippen LogP) is 2.90. The molecule has 0 amide bonds. The normalized spacial score (nSPS) is 19.5. The summed E-state index contributed by atoms with van der Waals surface area (Å²) in [7, 11) is -2.09. The highest BCUT2D eigenvalue weighted by Crippen LogP contribution is 2.39. The number of carbonyl (C=O) groups excluding carboxylic acids is 1. The standard InChI is InChI=1S/C23H22F2N2O4Si/c1-5-23(30)14-7-16-19-11(9-27(16)21(28)13(14)10-31-22(23)29)6-12-18(25)15(24)8-17(20(12)26-19)32(2,3)4/h6-8,30H,5,9-10H2,1-4H3/t23-/m0/s1. The van der Waals surface area contributed by atoms with E-state index < -0.39 is 36.8 Å². The van der Waals surface area contributed by atoms with Crippen molar-refractivity contribution in [2.75, 3.05) is 0 Å². The molecule has 6 nitrogen and oxygen atoms in total. The zero-order valence-corrected chi connectivity index (χ0v) is 19.2. The van der Waals surface area contributed by atoms with E-state index in [-0.39, 0.29) is 36.1 Å². The van der Waals surface area contributed by atoms with Gasteiger partial charge in [-0.3, -0.25) is 4.79 Å². The van der Waals surface area contributed by atoms with Crippen molar-refractivity contribution in [2.45, 2.75) is 51.7 Å². The summed E-state index contributed by atoms with van der Waals surface area (Å²) in [4.78, 5) is 30.2. The number of hydrogen-bond acceptors (Lipinski definition) is 5. The molecule has 0 fully saturated rings. The maximum atomic E-state index is 14.7. The Hall–Kier alpha value is -2.91. The summed E-state index contributed by atoms with van der Waals surface area (Å²) in [6.45, 7) is 7.62. The van der Waals surface area contributed by atoms with Crippen molar-refractivity contribution in [2.24, 2.45) is 0 Å². The summed E-state index contributed by atoms with van der Waals surface area (Å²) < 4.78 is 35.6. The first-order valence-electron chi connectivity index (χ1n) is 10.5. The Balaban J connectivity index is 1.84. The van der Waals surface area contributed by atoms with Gasteiger partial charge in [0.05, 0.1) is 37.1 Å². The molecule has 0 bridgehead atoms. The fraction of sp³-hybridized carbons (Fsp3) is 0.348. The van der Waals surface area contributed by atoms with Crippen LogP contribution >= 0.6 is 0 Å². The van der Waals surface area contributed by atoms with Gasteiger partial charge < -0.3 is 14.4 Å². The van der Waals surface area contributed by atoms with Gasteiger partial charge in [-0.15, -0.1) is 0 Å². The third-order valence-electron chi connectivity index (χ3n) is 6.50. The fourth-order valence-corrected chi connectivity index (χ4v) is 6.11. The molecular weight excluding hydrogens is 434 g/mol. The van der Waals surface area contributed by atoms with Crippen LogP contribution in [0.2, 0.25) is 19.6 Å². The van der Waals surface area contributed by atoms with Gasteiger partial charge in [-0.05, 0) is 29.8 Å². The Labute approximate surface area is 183 Å². The number of halogens is 2. The molecule has 9 heteroatoms. The number of nitrogens with zero attached hydrogens (tertiary/aromatic N) is 2. The monoisotopic (exact) mass is 456 g/mol. The Morgan fingerprint density at radius 1 is 1.22 bits per heavy atom. The average molecular weight is 457 g/mol. The lowest BCUT2D eigenvalue weighted by molar-refractivity contribution is -0.172. The van der Waals surface area contributed by atoms with Gasteiger partial charge in [0.1, 0.15) is 6.61 Å². The third kappa shape index (κ3) is 2.67. The van der Waals surface area contributed by atoms with Crippen LogP contribution in [0, 0.1) is 11.6 Å². The lowest BCUT2D eigenvalue weighted by atomic mass is 9.86. The number of rotatable bonds is 2. The maximum absolute atomic E-state index is 14.7. The van der Waals surface area contributed by atoms with Crippen molar-refractivity contribution in [3.63, 3.8) is 0 Å². The third-order valence-corrected chi connectivity index (χ3v) is 8.49. The highest BCUT2D eigenvalue weighted by molar-refractivity contribution is 6.90. The van der Waals surface area contributed by atoms with E-state index in [0.717, 1.165) is 0 Å². The quantitative estimate of drug-likeness (QED) is 0.371. The van der Waals surface area contributed by atoms with E-state index in [2.05, 4.69) is 0 Å². The minimum absolute atomic E-state index is 0.0456. The number of pyridine rings is 2. The molecule has 1 atom stereocenters. The minimum Gasteiger partial charge on any atom is -0.458 e. The highest BCUT2D eigenvalue weighted by atomic mass is 28.3. The van der Waals surface area contributed by atoms with Crippen molar-refractivity contribution in [3.8, 4) is 11.4 Å². The Morgan fingerprint density at radius 2 is 1.94 bits per heavy atom. The molecule has 166 valence electrons. The van der Waals surface area contributed by atoms with Crippen molar-refractivity contribution in [3.05, 3.63) is 56.9 Å². The number of carbonyl (C=O) groups is 1. The van der Waals surface area contributed by atoms with E-state index >= 15 is 0 Å². The molecule has 32 heavy (non-hydrogen) atoms. The van der Waals surface area contributed by atoms with Crippen molar-refractivity contribution in [1.82, 2.24) is 9.55 Å². The number of hydrogen-bond donors (Lipinski definition) is 1. The largest absolute Gasteiger partial charge is 0.458 e. The molecular formula is C23H22F2N2O4Si. The second-order valence-electron chi connectivity index (χ2n) is 9.47. The van der Waals surface area contributed by atoms with Crippen LogP contribution in [0.3, 0.4) is 0 Å². The molecule has 0 spiro atoms. The summed E-state index contributed by atoms with van der Waals surface area (Å²) in [5, 5.41) is 11.7. The Morgan fingerprint density at radius 3 is 2.59 bits per heavy atom. The van der Waals surface area contributed by atoms with Crippen LogP contribution in [0.1, 0.15) is 30.0 Å². The smallest absolute Gasteiger partial charge is 0.343 e. The second kappa shape index (κ2) is 6.55. The molecule has 1 aromatic carbocycles. The lowest BCUT2D eigenvalue weighted by Gasteiger charge is -2.31. The molecule has 0 aliphatic carbocycles. The number of esters is 1. The highest BCUT2D eigenvalue weighted by Gasteiger charge is 2.45. The lowest BCUT2D eigenvalue weighted by Crippen LogP contribution is -2.44. The molecule has 1 N–H and O–H groups in total. The summed E-state index contributed by atoms with van der Waals surface area (Å²) in [6.07, 6.45) is 0.0456. The summed E-state index contributed by atoms with van der Waals surface area (Å²) in [5.41, 5.74) is 0.00405. The molecule has 0 saturated carbocycles. The first-order valence-corrected chi connectivity index (χ1v) is 14.0.